The maximum atomic E-state index is 9.87. The lowest BCUT2D eigenvalue weighted by Gasteiger charge is -2.12. The van der Waals surface area contributed by atoms with Gasteiger partial charge in [-0.05, 0) is 26.0 Å². The average molecular weight is 243 g/mol. The number of nitrogens with one attached hydrogen (secondary N) is 1. The van der Waals surface area contributed by atoms with Gasteiger partial charge in [0, 0.05) is 5.56 Å². The van der Waals surface area contributed by atoms with Crippen LogP contribution in [0.3, 0.4) is 0 Å². The van der Waals surface area contributed by atoms with Gasteiger partial charge in [0.2, 0.25) is 0 Å². The number of oxazole rings is 1. The van der Waals surface area contributed by atoms with E-state index in [-0.39, 0.29) is 0 Å². The van der Waals surface area contributed by atoms with E-state index in [0.717, 1.165) is 22.4 Å². The van der Waals surface area contributed by atoms with Gasteiger partial charge in [-0.25, -0.2) is 9.97 Å². The highest BCUT2D eigenvalue weighted by Crippen LogP contribution is 2.24. The normalized spacial score (nSPS) is 12.2. The number of imidazole rings is 1. The van der Waals surface area contributed by atoms with Crippen LogP contribution in [0.25, 0.3) is 22.4 Å². The second-order valence-corrected chi connectivity index (χ2v) is 4.74. The third-order valence-corrected chi connectivity index (χ3v) is 2.80. The van der Waals surface area contributed by atoms with E-state index in [1.807, 2.05) is 18.2 Å². The van der Waals surface area contributed by atoms with Crippen LogP contribution in [0.1, 0.15) is 19.7 Å². The zero-order valence-corrected chi connectivity index (χ0v) is 10.1. The van der Waals surface area contributed by atoms with Crippen LogP contribution in [0.2, 0.25) is 0 Å². The molecule has 92 valence electrons. The monoisotopic (exact) mass is 243 g/mol. The Bertz CT molecular complexity index is 691. The van der Waals surface area contributed by atoms with Gasteiger partial charge < -0.3 is 14.5 Å². The van der Waals surface area contributed by atoms with Gasteiger partial charge in [-0.15, -0.1) is 0 Å². The Kier molecular flexibility index (Phi) is 2.24. The molecule has 0 fully saturated rings. The molecule has 0 unspecified atom stereocenters. The fraction of sp³-hybridized carbons (Fsp3) is 0.231. The van der Waals surface area contributed by atoms with E-state index in [0.29, 0.717) is 5.82 Å². The van der Waals surface area contributed by atoms with Crippen LogP contribution in [0.4, 0.5) is 0 Å². The second kappa shape index (κ2) is 3.68. The third-order valence-electron chi connectivity index (χ3n) is 2.80. The maximum Gasteiger partial charge on any atom is 0.181 e. The van der Waals surface area contributed by atoms with Crippen LogP contribution in [0.15, 0.2) is 35.2 Å². The Hall–Kier alpha value is -2.14. The van der Waals surface area contributed by atoms with E-state index in [1.165, 1.54) is 6.39 Å². The lowest BCUT2D eigenvalue weighted by molar-refractivity contribution is 0.0697. The summed E-state index contributed by atoms with van der Waals surface area (Å²) in [7, 11) is 0. The minimum Gasteiger partial charge on any atom is -0.443 e. The summed E-state index contributed by atoms with van der Waals surface area (Å²) < 4.78 is 5.26. The van der Waals surface area contributed by atoms with Crippen molar-refractivity contribution >= 4 is 11.1 Å². The molecular formula is C13H13N3O2. The molecule has 0 aliphatic rings. The number of hydrogen-bond acceptors (Lipinski definition) is 4. The predicted octanol–water partition coefficient (Wildman–Crippen LogP) is 2.45. The van der Waals surface area contributed by atoms with E-state index in [9.17, 15) is 5.11 Å². The highest BCUT2D eigenvalue weighted by molar-refractivity contribution is 5.78. The molecule has 0 amide bonds. The molecule has 3 rings (SSSR count). The molecule has 2 aromatic heterocycles. The molecule has 0 bridgehead atoms. The van der Waals surface area contributed by atoms with Crippen molar-refractivity contribution in [2.24, 2.45) is 0 Å². The predicted molar refractivity (Wildman–Crippen MR) is 66.8 cm³/mol. The Morgan fingerprint density at radius 1 is 1.28 bits per heavy atom. The van der Waals surface area contributed by atoms with E-state index in [1.54, 1.807) is 20.0 Å². The number of benzene rings is 1. The number of aromatic nitrogens is 3. The molecule has 5 heteroatoms. The van der Waals surface area contributed by atoms with Crippen molar-refractivity contribution in [1.82, 2.24) is 15.0 Å². The summed E-state index contributed by atoms with van der Waals surface area (Å²) in [4.78, 5) is 11.3. The van der Waals surface area contributed by atoms with Crippen molar-refractivity contribution in [3.8, 4) is 11.3 Å². The summed E-state index contributed by atoms with van der Waals surface area (Å²) >= 11 is 0. The van der Waals surface area contributed by atoms with Gasteiger partial charge in [-0.3, -0.25) is 0 Å². The molecule has 3 aromatic rings. The SMILES string of the molecule is CC(C)(O)c1ncc(-c2ccc3ncoc3c2)[nH]1. The van der Waals surface area contributed by atoms with Gasteiger partial charge in [0.05, 0.1) is 11.9 Å². The fourth-order valence-electron chi connectivity index (χ4n) is 1.80. The summed E-state index contributed by atoms with van der Waals surface area (Å²) in [5.41, 5.74) is 2.36. The molecule has 0 saturated heterocycles. The molecule has 18 heavy (non-hydrogen) atoms. The number of nitrogens with zero attached hydrogens (tertiary/aromatic N) is 2. The standard InChI is InChI=1S/C13H13N3O2/c1-13(2,17)12-14-6-10(16-12)8-3-4-9-11(5-8)18-7-15-9/h3-7,17H,1-2H3,(H,14,16). The van der Waals surface area contributed by atoms with Crippen LogP contribution >= 0.6 is 0 Å². The van der Waals surface area contributed by atoms with Crippen molar-refractivity contribution in [2.75, 3.05) is 0 Å². The average Bonchev–Trinajstić information content (AvgIpc) is 2.96. The highest BCUT2D eigenvalue weighted by atomic mass is 16.3. The molecule has 2 heterocycles. The minimum absolute atomic E-state index is 0.537. The largest absolute Gasteiger partial charge is 0.443 e. The quantitative estimate of drug-likeness (QED) is 0.725. The molecule has 1 aromatic carbocycles. The lowest BCUT2D eigenvalue weighted by Crippen LogP contribution is -2.17. The molecular weight excluding hydrogens is 230 g/mol. The highest BCUT2D eigenvalue weighted by Gasteiger charge is 2.20. The number of hydrogen-bond donors (Lipinski definition) is 2. The van der Waals surface area contributed by atoms with E-state index >= 15 is 0 Å². The number of aliphatic hydroxyl groups is 1. The first-order valence-corrected chi connectivity index (χ1v) is 5.65. The van der Waals surface area contributed by atoms with Crippen LogP contribution in [0.5, 0.6) is 0 Å². The summed E-state index contributed by atoms with van der Waals surface area (Å²) in [6.45, 7) is 3.38. The van der Waals surface area contributed by atoms with Gasteiger partial charge in [0.25, 0.3) is 0 Å². The Morgan fingerprint density at radius 3 is 2.83 bits per heavy atom. The first-order chi connectivity index (χ1) is 8.54. The summed E-state index contributed by atoms with van der Waals surface area (Å²) in [5.74, 6) is 0.537. The van der Waals surface area contributed by atoms with Crippen LogP contribution in [-0.2, 0) is 5.60 Å². The minimum atomic E-state index is -0.978. The van der Waals surface area contributed by atoms with Crippen LogP contribution < -0.4 is 0 Å². The molecule has 0 saturated carbocycles. The van der Waals surface area contributed by atoms with Gasteiger partial charge >= 0.3 is 0 Å². The van der Waals surface area contributed by atoms with E-state index < -0.39 is 5.60 Å². The summed E-state index contributed by atoms with van der Waals surface area (Å²) in [6.07, 6.45) is 3.12. The first kappa shape index (κ1) is 11.0. The van der Waals surface area contributed by atoms with Crippen molar-refractivity contribution in [1.29, 1.82) is 0 Å². The van der Waals surface area contributed by atoms with Crippen molar-refractivity contribution in [3.05, 3.63) is 36.6 Å². The Balaban J connectivity index is 2.06. The molecule has 5 nitrogen and oxygen atoms in total. The zero-order valence-electron chi connectivity index (χ0n) is 10.1. The van der Waals surface area contributed by atoms with Gasteiger partial charge in [0.1, 0.15) is 16.9 Å². The van der Waals surface area contributed by atoms with Crippen LogP contribution in [0, 0.1) is 0 Å². The molecule has 2 N–H and O–H groups in total. The number of aromatic amines is 1. The molecule has 0 spiro atoms. The van der Waals surface area contributed by atoms with Gasteiger partial charge in [-0.2, -0.15) is 0 Å². The summed E-state index contributed by atoms with van der Waals surface area (Å²) in [6, 6.07) is 5.72. The van der Waals surface area contributed by atoms with Crippen LogP contribution in [-0.4, -0.2) is 20.1 Å². The Morgan fingerprint density at radius 2 is 2.11 bits per heavy atom. The molecule has 0 aliphatic heterocycles. The van der Waals surface area contributed by atoms with Crippen molar-refractivity contribution in [2.45, 2.75) is 19.4 Å². The second-order valence-electron chi connectivity index (χ2n) is 4.74. The topological polar surface area (TPSA) is 74.9 Å². The molecule has 0 aliphatic carbocycles. The van der Waals surface area contributed by atoms with E-state index in [2.05, 4.69) is 15.0 Å². The van der Waals surface area contributed by atoms with Crippen molar-refractivity contribution in [3.63, 3.8) is 0 Å². The number of rotatable bonds is 2. The van der Waals surface area contributed by atoms with Gasteiger partial charge in [0.15, 0.2) is 12.0 Å². The number of H-pyrrole nitrogens is 1. The smallest absolute Gasteiger partial charge is 0.181 e. The van der Waals surface area contributed by atoms with Crippen molar-refractivity contribution < 1.29 is 9.52 Å². The lowest BCUT2D eigenvalue weighted by atomic mass is 10.1. The molecule has 0 atom stereocenters. The third kappa shape index (κ3) is 1.78. The summed E-state index contributed by atoms with van der Waals surface area (Å²) in [5, 5.41) is 9.87. The van der Waals surface area contributed by atoms with Gasteiger partial charge in [-0.1, -0.05) is 6.07 Å². The maximum absolute atomic E-state index is 9.87. The Labute approximate surface area is 104 Å². The van der Waals surface area contributed by atoms with E-state index in [4.69, 9.17) is 4.42 Å². The molecule has 0 radical (unpaired) electrons. The number of fused-ring (bicyclic) bond motifs is 1. The fourth-order valence-corrected chi connectivity index (χ4v) is 1.80. The zero-order chi connectivity index (χ0) is 12.8. The first-order valence-electron chi connectivity index (χ1n) is 5.65.